The Labute approximate surface area is 82.0 Å². The summed E-state index contributed by atoms with van der Waals surface area (Å²) in [5, 5.41) is 0. The summed E-state index contributed by atoms with van der Waals surface area (Å²) in [5.41, 5.74) is 0.307. The van der Waals surface area contributed by atoms with Gasteiger partial charge < -0.3 is 4.74 Å². The maximum Gasteiger partial charge on any atom is 0.345 e. The van der Waals surface area contributed by atoms with Gasteiger partial charge in [0.05, 0.1) is 0 Å². The van der Waals surface area contributed by atoms with Crippen LogP contribution in [0.1, 0.15) is 11.7 Å². The van der Waals surface area contributed by atoms with Crippen molar-refractivity contribution in [1.29, 1.82) is 0 Å². The third kappa shape index (κ3) is 2.69. The lowest BCUT2D eigenvalue weighted by Crippen LogP contribution is -2.11. The van der Waals surface area contributed by atoms with Crippen molar-refractivity contribution < 1.29 is 13.9 Å². The van der Waals surface area contributed by atoms with Crippen LogP contribution in [0.15, 0.2) is 43.0 Å². The molecule has 74 valence electrons. The Hall–Kier alpha value is -1.64. The van der Waals surface area contributed by atoms with Gasteiger partial charge in [0.15, 0.2) is 0 Å². The van der Waals surface area contributed by atoms with Gasteiger partial charge in [-0.1, -0.05) is 43.0 Å². The molecule has 0 spiro atoms. The first-order valence-corrected chi connectivity index (χ1v) is 4.22. The van der Waals surface area contributed by atoms with Crippen LogP contribution in [-0.2, 0) is 9.53 Å². The molecule has 0 aliphatic rings. The lowest BCUT2D eigenvalue weighted by atomic mass is 10.1. The highest BCUT2D eigenvalue weighted by atomic mass is 19.1. The zero-order chi connectivity index (χ0) is 10.4. The Kier molecular flexibility index (Phi) is 3.85. The third-order valence-electron chi connectivity index (χ3n) is 1.64. The Morgan fingerprint density at radius 2 is 2.14 bits per heavy atom. The lowest BCUT2D eigenvalue weighted by molar-refractivity contribution is -0.148. The van der Waals surface area contributed by atoms with Gasteiger partial charge in [-0.25, -0.2) is 9.18 Å². The number of alkyl halides is 1. The highest BCUT2D eigenvalue weighted by Gasteiger charge is 2.20. The number of benzene rings is 1. The predicted molar refractivity (Wildman–Crippen MR) is 51.4 cm³/mol. The van der Waals surface area contributed by atoms with E-state index >= 15 is 0 Å². The number of carbonyl (C=O) groups is 1. The van der Waals surface area contributed by atoms with Crippen LogP contribution in [0, 0.1) is 0 Å². The molecule has 1 unspecified atom stereocenters. The van der Waals surface area contributed by atoms with Crippen molar-refractivity contribution in [2.24, 2.45) is 0 Å². The molecule has 0 bridgehead atoms. The number of halogens is 1. The average Bonchev–Trinajstić information content (AvgIpc) is 2.26. The van der Waals surface area contributed by atoms with E-state index in [4.69, 9.17) is 0 Å². The molecule has 0 fully saturated rings. The molecule has 0 amide bonds. The molecule has 0 radical (unpaired) electrons. The Bertz CT molecular complexity index is 308. The second-order valence-corrected chi connectivity index (χ2v) is 2.69. The fourth-order valence-electron chi connectivity index (χ4n) is 0.972. The zero-order valence-electron chi connectivity index (χ0n) is 7.65. The van der Waals surface area contributed by atoms with Crippen LogP contribution >= 0.6 is 0 Å². The molecule has 0 aliphatic heterocycles. The van der Waals surface area contributed by atoms with E-state index < -0.39 is 12.1 Å². The number of ether oxygens (including phenoxy) is 1. The topological polar surface area (TPSA) is 26.3 Å². The van der Waals surface area contributed by atoms with Crippen molar-refractivity contribution in [3.05, 3.63) is 48.6 Å². The average molecular weight is 194 g/mol. The summed E-state index contributed by atoms with van der Waals surface area (Å²) in [6, 6.07) is 8.18. The van der Waals surface area contributed by atoms with E-state index in [0.717, 1.165) is 0 Å². The molecule has 3 heteroatoms. The summed E-state index contributed by atoms with van der Waals surface area (Å²) in [7, 11) is 0. The van der Waals surface area contributed by atoms with Gasteiger partial charge >= 0.3 is 5.97 Å². The fourth-order valence-corrected chi connectivity index (χ4v) is 0.972. The largest absolute Gasteiger partial charge is 0.459 e. The van der Waals surface area contributed by atoms with Gasteiger partial charge in [0.25, 0.3) is 0 Å². The van der Waals surface area contributed by atoms with Crippen molar-refractivity contribution in [1.82, 2.24) is 0 Å². The maximum absolute atomic E-state index is 13.3. The molecule has 1 rings (SSSR count). The van der Waals surface area contributed by atoms with Crippen LogP contribution in [0.5, 0.6) is 0 Å². The van der Waals surface area contributed by atoms with Gasteiger partial charge in [-0.05, 0) is 5.56 Å². The van der Waals surface area contributed by atoms with E-state index in [9.17, 15) is 9.18 Å². The lowest BCUT2D eigenvalue weighted by Gasteiger charge is -2.06. The molecule has 0 N–H and O–H groups in total. The van der Waals surface area contributed by atoms with Crippen molar-refractivity contribution in [3.63, 3.8) is 0 Å². The normalized spacial score (nSPS) is 11.8. The van der Waals surface area contributed by atoms with Crippen molar-refractivity contribution in [2.75, 3.05) is 6.61 Å². The quantitative estimate of drug-likeness (QED) is 0.543. The van der Waals surface area contributed by atoms with Crippen LogP contribution in [-0.4, -0.2) is 12.6 Å². The van der Waals surface area contributed by atoms with Gasteiger partial charge in [-0.3, -0.25) is 0 Å². The highest BCUT2D eigenvalue weighted by Crippen LogP contribution is 2.18. The standard InChI is InChI=1S/C11H11FO2/c1-2-8-14-11(13)10(12)9-6-4-3-5-7-9/h2-7,10H,1,8H2. The smallest absolute Gasteiger partial charge is 0.345 e. The second kappa shape index (κ2) is 5.17. The minimum absolute atomic E-state index is 0.0338. The molecule has 14 heavy (non-hydrogen) atoms. The summed E-state index contributed by atoms with van der Waals surface area (Å²) in [4.78, 5) is 11.1. The van der Waals surface area contributed by atoms with E-state index in [1.165, 1.54) is 6.08 Å². The number of hydrogen-bond donors (Lipinski definition) is 0. The Balaban J connectivity index is 2.61. The first-order valence-electron chi connectivity index (χ1n) is 4.22. The molecule has 0 aromatic heterocycles. The molecule has 1 atom stereocenters. The fraction of sp³-hybridized carbons (Fsp3) is 0.182. The summed E-state index contributed by atoms with van der Waals surface area (Å²) in [5.74, 6) is -0.879. The number of esters is 1. The molecule has 0 saturated carbocycles. The third-order valence-corrected chi connectivity index (χ3v) is 1.64. The number of carbonyl (C=O) groups excluding carboxylic acids is 1. The van der Waals surface area contributed by atoms with Gasteiger partial charge in [0.2, 0.25) is 6.17 Å². The predicted octanol–water partition coefficient (Wildman–Crippen LogP) is 2.43. The Morgan fingerprint density at radius 3 is 2.71 bits per heavy atom. The van der Waals surface area contributed by atoms with Crippen LogP contribution < -0.4 is 0 Å². The molecule has 2 nitrogen and oxygen atoms in total. The van der Waals surface area contributed by atoms with Crippen molar-refractivity contribution in [2.45, 2.75) is 6.17 Å². The van der Waals surface area contributed by atoms with E-state index in [1.54, 1.807) is 30.3 Å². The minimum Gasteiger partial charge on any atom is -0.459 e. The minimum atomic E-state index is -1.71. The van der Waals surface area contributed by atoms with Gasteiger partial charge in [0.1, 0.15) is 6.61 Å². The van der Waals surface area contributed by atoms with Crippen LogP contribution in [0.4, 0.5) is 4.39 Å². The molecule has 0 saturated heterocycles. The molecular weight excluding hydrogens is 183 g/mol. The van der Waals surface area contributed by atoms with E-state index in [2.05, 4.69) is 11.3 Å². The molecule has 1 aromatic carbocycles. The van der Waals surface area contributed by atoms with Crippen LogP contribution in [0.2, 0.25) is 0 Å². The first-order chi connectivity index (χ1) is 6.75. The SMILES string of the molecule is C=CCOC(=O)C(F)c1ccccc1. The summed E-state index contributed by atoms with van der Waals surface area (Å²) < 4.78 is 17.9. The van der Waals surface area contributed by atoms with Crippen LogP contribution in [0.3, 0.4) is 0 Å². The van der Waals surface area contributed by atoms with Crippen molar-refractivity contribution in [3.8, 4) is 0 Å². The van der Waals surface area contributed by atoms with E-state index in [0.29, 0.717) is 5.56 Å². The van der Waals surface area contributed by atoms with Gasteiger partial charge in [0, 0.05) is 0 Å². The summed E-state index contributed by atoms with van der Waals surface area (Å²) in [6.07, 6.45) is -0.313. The Morgan fingerprint density at radius 1 is 1.50 bits per heavy atom. The van der Waals surface area contributed by atoms with Crippen LogP contribution in [0.25, 0.3) is 0 Å². The molecule has 0 aliphatic carbocycles. The first kappa shape index (κ1) is 10.4. The molecular formula is C11H11FO2. The number of rotatable bonds is 4. The highest BCUT2D eigenvalue weighted by molar-refractivity contribution is 5.76. The van der Waals surface area contributed by atoms with Gasteiger partial charge in [-0.15, -0.1) is 0 Å². The molecule has 0 heterocycles. The zero-order valence-corrected chi connectivity index (χ0v) is 7.65. The number of hydrogen-bond acceptors (Lipinski definition) is 2. The maximum atomic E-state index is 13.3. The molecule has 1 aromatic rings. The van der Waals surface area contributed by atoms with Gasteiger partial charge in [-0.2, -0.15) is 0 Å². The van der Waals surface area contributed by atoms with E-state index in [-0.39, 0.29) is 6.61 Å². The van der Waals surface area contributed by atoms with E-state index in [1.807, 2.05) is 0 Å². The van der Waals surface area contributed by atoms with Crippen molar-refractivity contribution >= 4 is 5.97 Å². The monoisotopic (exact) mass is 194 g/mol. The second-order valence-electron chi connectivity index (χ2n) is 2.69. The summed E-state index contributed by atoms with van der Waals surface area (Å²) in [6.45, 7) is 3.40. The summed E-state index contributed by atoms with van der Waals surface area (Å²) >= 11 is 0.